The quantitative estimate of drug-likeness (QED) is 0.599. The summed E-state index contributed by atoms with van der Waals surface area (Å²) in [7, 11) is 0.500. The van der Waals surface area contributed by atoms with Crippen molar-refractivity contribution in [2.45, 2.75) is 26.7 Å². The average Bonchev–Trinajstić information content (AvgIpc) is 2.08. The van der Waals surface area contributed by atoms with Crippen LogP contribution in [0.5, 0.6) is 0 Å². The molecule has 1 aromatic carbocycles. The van der Waals surface area contributed by atoms with E-state index in [4.69, 9.17) is 0 Å². The molecule has 0 aliphatic heterocycles. The lowest BCUT2D eigenvalue weighted by atomic mass is 9.99. The van der Waals surface area contributed by atoms with E-state index < -0.39 is 0 Å². The summed E-state index contributed by atoms with van der Waals surface area (Å²) < 4.78 is 9.50. The first-order chi connectivity index (χ1) is 5.72. The number of aryl methyl sites for hydroxylation is 1. The van der Waals surface area contributed by atoms with Gasteiger partial charge in [-0.1, -0.05) is 38.1 Å². The fraction of sp³-hybridized carbons (Fsp3) is 0.455. The van der Waals surface area contributed by atoms with E-state index in [0.29, 0.717) is 13.1 Å². The molecule has 0 fully saturated rings. The van der Waals surface area contributed by atoms with Crippen molar-refractivity contribution in [2.75, 3.05) is 7.18 Å². The molecule has 12 heavy (non-hydrogen) atoms. The van der Waals surface area contributed by atoms with Crippen molar-refractivity contribution < 1.29 is 4.39 Å². The molecule has 0 spiro atoms. The Labute approximate surface area is 74.4 Å². The molecule has 1 heteroatoms. The lowest BCUT2D eigenvalue weighted by molar-refractivity contribution is 0.636. The highest BCUT2D eigenvalue weighted by Gasteiger charge is 1.99. The van der Waals surface area contributed by atoms with Crippen LogP contribution < -0.4 is 0 Å². The minimum absolute atomic E-state index is 0.500. The largest absolute Gasteiger partial charge is 0.255 e. The molecule has 1 aromatic rings. The van der Waals surface area contributed by atoms with Crippen molar-refractivity contribution in [3.63, 3.8) is 0 Å². The summed E-state index contributed by atoms with van der Waals surface area (Å²) in [6.07, 6.45) is 0. The van der Waals surface area contributed by atoms with E-state index in [9.17, 15) is 4.39 Å². The molecule has 0 radical (unpaired) electrons. The van der Waals surface area contributed by atoms with Gasteiger partial charge in [-0.15, -0.1) is 0 Å². The van der Waals surface area contributed by atoms with Crippen LogP contribution in [0.3, 0.4) is 0 Å². The van der Waals surface area contributed by atoms with Gasteiger partial charge in [0.1, 0.15) is 0 Å². The third-order valence-corrected chi connectivity index (χ3v) is 1.81. The Morgan fingerprint density at radius 1 is 1.08 bits per heavy atom. The topological polar surface area (TPSA) is 0 Å². The molecule has 0 saturated carbocycles. The summed E-state index contributed by atoms with van der Waals surface area (Å²) in [6, 6.07) is 8.54. The fourth-order valence-electron chi connectivity index (χ4n) is 1.23. The second-order valence-corrected chi connectivity index (χ2v) is 3.01. The van der Waals surface area contributed by atoms with Crippen LogP contribution in [0.15, 0.2) is 24.3 Å². The van der Waals surface area contributed by atoms with Gasteiger partial charge in [0.2, 0.25) is 0 Å². The molecule has 0 aromatic heterocycles. The van der Waals surface area contributed by atoms with Crippen LogP contribution >= 0.6 is 0 Å². The molecule has 68 valence electrons. The molecule has 0 saturated heterocycles. The average molecular weight is 168 g/mol. The third kappa shape index (κ3) is 3.04. The zero-order chi connectivity index (χ0) is 9.56. The number of hydrogen-bond acceptors (Lipinski definition) is 0. The molecule has 0 heterocycles. The van der Waals surface area contributed by atoms with E-state index in [1.54, 1.807) is 0 Å². The van der Waals surface area contributed by atoms with Gasteiger partial charge in [-0.05, 0) is 24.0 Å². The van der Waals surface area contributed by atoms with Gasteiger partial charge in [0.15, 0.2) is 0 Å². The molecule has 0 aliphatic rings. The maximum absolute atomic E-state index is 9.50. The van der Waals surface area contributed by atoms with Gasteiger partial charge in [0.05, 0.1) is 7.18 Å². The SMILES string of the molecule is CF.Cc1ccccc1C(C)C. The lowest BCUT2D eigenvalue weighted by Gasteiger charge is -2.07. The fourth-order valence-corrected chi connectivity index (χ4v) is 1.23. The van der Waals surface area contributed by atoms with Crippen molar-refractivity contribution >= 4 is 0 Å². The number of benzene rings is 1. The number of alkyl halides is 1. The van der Waals surface area contributed by atoms with E-state index >= 15 is 0 Å². The van der Waals surface area contributed by atoms with Crippen LogP contribution in [0.4, 0.5) is 4.39 Å². The molecule has 0 N–H and O–H groups in total. The van der Waals surface area contributed by atoms with Gasteiger partial charge in [0.25, 0.3) is 0 Å². The molecule has 0 amide bonds. The first-order valence-corrected chi connectivity index (χ1v) is 4.15. The Morgan fingerprint density at radius 3 is 1.92 bits per heavy atom. The Hall–Kier alpha value is -0.850. The molecule has 0 atom stereocenters. The minimum atomic E-state index is 0.500. The van der Waals surface area contributed by atoms with Crippen LogP contribution in [-0.4, -0.2) is 7.18 Å². The summed E-state index contributed by atoms with van der Waals surface area (Å²) in [4.78, 5) is 0. The molecule has 0 nitrogen and oxygen atoms in total. The Morgan fingerprint density at radius 2 is 1.58 bits per heavy atom. The number of halogens is 1. The second-order valence-electron chi connectivity index (χ2n) is 3.01. The predicted octanol–water partition coefficient (Wildman–Crippen LogP) is 3.70. The van der Waals surface area contributed by atoms with Crippen LogP contribution in [0.1, 0.15) is 30.9 Å². The van der Waals surface area contributed by atoms with Gasteiger partial charge >= 0.3 is 0 Å². The first kappa shape index (κ1) is 11.2. The molecule has 1 rings (SSSR count). The highest BCUT2D eigenvalue weighted by atomic mass is 19.1. The number of rotatable bonds is 1. The zero-order valence-corrected chi connectivity index (χ0v) is 8.26. The first-order valence-electron chi connectivity index (χ1n) is 4.15. The third-order valence-electron chi connectivity index (χ3n) is 1.81. The van der Waals surface area contributed by atoms with E-state index in [1.807, 2.05) is 0 Å². The highest BCUT2D eigenvalue weighted by Crippen LogP contribution is 2.17. The van der Waals surface area contributed by atoms with E-state index in [0.717, 1.165) is 0 Å². The predicted molar refractivity (Wildman–Crippen MR) is 52.3 cm³/mol. The van der Waals surface area contributed by atoms with Crippen LogP contribution in [0.2, 0.25) is 0 Å². The molecule has 0 bridgehead atoms. The molecular formula is C11H17F. The highest BCUT2D eigenvalue weighted by molar-refractivity contribution is 5.27. The molecule has 0 unspecified atom stereocenters. The van der Waals surface area contributed by atoms with Gasteiger partial charge in [-0.3, -0.25) is 4.39 Å². The maximum atomic E-state index is 9.50. The van der Waals surface area contributed by atoms with Gasteiger partial charge < -0.3 is 0 Å². The lowest BCUT2D eigenvalue weighted by Crippen LogP contribution is -1.89. The molecule has 0 aliphatic carbocycles. The normalized spacial score (nSPS) is 9.17. The van der Waals surface area contributed by atoms with Crippen molar-refractivity contribution in [1.29, 1.82) is 0 Å². The zero-order valence-electron chi connectivity index (χ0n) is 8.26. The van der Waals surface area contributed by atoms with Gasteiger partial charge in [-0.25, -0.2) is 0 Å². The van der Waals surface area contributed by atoms with E-state index in [1.165, 1.54) is 11.1 Å². The van der Waals surface area contributed by atoms with Gasteiger partial charge in [0, 0.05) is 0 Å². The summed E-state index contributed by atoms with van der Waals surface area (Å²) in [5.41, 5.74) is 2.86. The molecular weight excluding hydrogens is 151 g/mol. The summed E-state index contributed by atoms with van der Waals surface area (Å²) >= 11 is 0. The summed E-state index contributed by atoms with van der Waals surface area (Å²) in [6.45, 7) is 6.61. The van der Waals surface area contributed by atoms with Gasteiger partial charge in [-0.2, -0.15) is 0 Å². The standard InChI is InChI=1S/C10H14.CH3F/c1-8(2)10-7-5-4-6-9(10)3;1-2/h4-8H,1-3H3;1H3. The minimum Gasteiger partial charge on any atom is -0.255 e. The Kier molecular flexibility index (Phi) is 5.35. The number of hydrogen-bond donors (Lipinski definition) is 0. The smallest absolute Gasteiger partial charge is 0.0785 e. The van der Waals surface area contributed by atoms with Crippen molar-refractivity contribution in [3.8, 4) is 0 Å². The van der Waals surface area contributed by atoms with Crippen molar-refractivity contribution in [1.82, 2.24) is 0 Å². The maximum Gasteiger partial charge on any atom is 0.0785 e. The summed E-state index contributed by atoms with van der Waals surface area (Å²) in [5, 5.41) is 0. The van der Waals surface area contributed by atoms with Crippen LogP contribution in [-0.2, 0) is 0 Å². The summed E-state index contributed by atoms with van der Waals surface area (Å²) in [5.74, 6) is 0.654. The van der Waals surface area contributed by atoms with E-state index in [-0.39, 0.29) is 0 Å². The van der Waals surface area contributed by atoms with Crippen LogP contribution in [0.25, 0.3) is 0 Å². The van der Waals surface area contributed by atoms with Crippen molar-refractivity contribution in [3.05, 3.63) is 35.4 Å². The van der Waals surface area contributed by atoms with Crippen molar-refractivity contribution in [2.24, 2.45) is 0 Å². The Bertz CT molecular complexity index is 216. The monoisotopic (exact) mass is 168 g/mol. The second kappa shape index (κ2) is 5.76. The van der Waals surface area contributed by atoms with Crippen LogP contribution in [0, 0.1) is 6.92 Å². The van der Waals surface area contributed by atoms with E-state index in [2.05, 4.69) is 45.0 Å². The Balaban J connectivity index is 0.000000561.